The minimum atomic E-state index is -0.622. The molecule has 6 rings (SSSR count). The molecule has 0 saturated carbocycles. The number of carbonyl (C=O) groups excluding carboxylic acids is 2. The number of fused-ring (bicyclic) bond motifs is 1. The molecule has 6 nitrogen and oxygen atoms in total. The highest BCUT2D eigenvalue weighted by molar-refractivity contribution is 9.10. The number of halogens is 2. The van der Waals surface area contributed by atoms with E-state index in [2.05, 4.69) is 21.2 Å². The number of hydrogen-bond donors (Lipinski definition) is 1. The molecule has 3 aromatic rings. The highest BCUT2D eigenvalue weighted by Crippen LogP contribution is 2.49. The highest BCUT2D eigenvalue weighted by Gasteiger charge is 2.42. The number of allylic oxidation sites excluding steroid dienone is 3. The number of rotatable bonds is 6. The van der Waals surface area contributed by atoms with Crippen LogP contribution in [0, 0.1) is 0 Å². The molecule has 8 heteroatoms. The van der Waals surface area contributed by atoms with Crippen molar-refractivity contribution in [2.45, 2.75) is 38.0 Å². The Labute approximate surface area is 246 Å². The summed E-state index contributed by atoms with van der Waals surface area (Å²) in [6.07, 6.45) is 1.56. The zero-order valence-corrected chi connectivity index (χ0v) is 24.2. The van der Waals surface area contributed by atoms with Gasteiger partial charge in [-0.25, -0.2) is 4.79 Å². The van der Waals surface area contributed by atoms with Gasteiger partial charge in [-0.1, -0.05) is 70.0 Å². The van der Waals surface area contributed by atoms with Gasteiger partial charge in [-0.3, -0.25) is 4.79 Å². The van der Waals surface area contributed by atoms with E-state index in [0.717, 1.165) is 26.9 Å². The van der Waals surface area contributed by atoms with E-state index in [0.29, 0.717) is 52.6 Å². The van der Waals surface area contributed by atoms with Gasteiger partial charge in [-0.2, -0.15) is 0 Å². The van der Waals surface area contributed by atoms with Crippen LogP contribution in [-0.4, -0.2) is 25.2 Å². The van der Waals surface area contributed by atoms with E-state index in [1.165, 1.54) is 0 Å². The van der Waals surface area contributed by atoms with Gasteiger partial charge in [0.25, 0.3) is 0 Å². The quantitative estimate of drug-likeness (QED) is 0.300. The molecule has 3 aliphatic rings. The molecule has 0 fully saturated rings. The van der Waals surface area contributed by atoms with Gasteiger partial charge in [0, 0.05) is 45.2 Å². The van der Waals surface area contributed by atoms with Crippen LogP contribution in [0.2, 0.25) is 5.02 Å². The van der Waals surface area contributed by atoms with Crippen molar-refractivity contribution in [3.63, 3.8) is 0 Å². The molecule has 2 atom stereocenters. The zero-order valence-electron chi connectivity index (χ0n) is 21.8. The van der Waals surface area contributed by atoms with Crippen LogP contribution in [0.15, 0.2) is 93.7 Å². The number of hydrogen-bond acceptors (Lipinski definition) is 6. The van der Waals surface area contributed by atoms with Crippen LogP contribution >= 0.6 is 27.5 Å². The van der Waals surface area contributed by atoms with E-state index in [9.17, 15) is 9.59 Å². The molecular weight excluding hydrogens is 594 g/mol. The maximum atomic E-state index is 13.9. The number of ether oxygens (including phenoxy) is 3. The van der Waals surface area contributed by atoms with Gasteiger partial charge < -0.3 is 19.5 Å². The Morgan fingerprint density at radius 1 is 1.05 bits per heavy atom. The lowest BCUT2D eigenvalue weighted by Gasteiger charge is -2.37. The van der Waals surface area contributed by atoms with Crippen molar-refractivity contribution in [3.05, 3.63) is 115 Å². The molecule has 0 amide bonds. The normalized spacial score (nSPS) is 19.8. The van der Waals surface area contributed by atoms with E-state index in [1.54, 1.807) is 0 Å². The Bertz CT molecular complexity index is 1550. The molecule has 0 saturated heterocycles. The summed E-state index contributed by atoms with van der Waals surface area (Å²) in [5.74, 6) is 0.118. The SMILES string of the molecule is CC1=C(C(=O)OCCc2ccccc2)C(c2cc3c(cc2Br)OCO3)C2=C(CC(c3ccc(Cl)cc3)CC2=O)N1. The lowest BCUT2D eigenvalue weighted by Crippen LogP contribution is -2.36. The Morgan fingerprint density at radius 2 is 1.77 bits per heavy atom. The van der Waals surface area contributed by atoms with Crippen molar-refractivity contribution in [1.29, 1.82) is 0 Å². The molecular formula is C32H27BrClNO5. The number of benzene rings is 3. The second-order valence-corrected chi connectivity index (χ2v) is 11.5. The maximum Gasteiger partial charge on any atom is 0.336 e. The summed E-state index contributed by atoms with van der Waals surface area (Å²) < 4.78 is 17.8. The van der Waals surface area contributed by atoms with Gasteiger partial charge in [0.1, 0.15) is 0 Å². The van der Waals surface area contributed by atoms with E-state index in [4.69, 9.17) is 25.8 Å². The molecule has 2 heterocycles. The third-order valence-corrected chi connectivity index (χ3v) is 8.60. The summed E-state index contributed by atoms with van der Waals surface area (Å²) in [5.41, 5.74) is 5.39. The van der Waals surface area contributed by atoms with Crippen molar-refractivity contribution in [1.82, 2.24) is 5.32 Å². The number of ketones is 1. The van der Waals surface area contributed by atoms with Crippen LogP contribution in [0.25, 0.3) is 0 Å². The number of dihydropyridines is 1. The Hall–Kier alpha value is -3.55. The summed E-state index contributed by atoms with van der Waals surface area (Å²) in [7, 11) is 0. The first kappa shape index (κ1) is 26.7. The van der Waals surface area contributed by atoms with Gasteiger partial charge >= 0.3 is 5.97 Å². The summed E-state index contributed by atoms with van der Waals surface area (Å²) in [6.45, 7) is 2.21. The predicted molar refractivity (Wildman–Crippen MR) is 155 cm³/mol. The van der Waals surface area contributed by atoms with Crippen molar-refractivity contribution >= 4 is 39.3 Å². The first-order chi connectivity index (χ1) is 19.4. The molecule has 0 spiro atoms. The number of carbonyl (C=O) groups is 2. The molecule has 3 aromatic carbocycles. The van der Waals surface area contributed by atoms with Crippen molar-refractivity contribution in [3.8, 4) is 11.5 Å². The lowest BCUT2D eigenvalue weighted by molar-refractivity contribution is -0.139. The molecule has 40 heavy (non-hydrogen) atoms. The fraction of sp³-hybridized carbons (Fsp3) is 0.250. The molecule has 0 aromatic heterocycles. The second kappa shape index (κ2) is 11.1. The minimum absolute atomic E-state index is 0.00374. The fourth-order valence-electron chi connectivity index (χ4n) is 5.73. The molecule has 2 unspecified atom stereocenters. The zero-order chi connectivity index (χ0) is 27.8. The van der Waals surface area contributed by atoms with E-state index < -0.39 is 11.9 Å². The molecule has 0 radical (unpaired) electrons. The average Bonchev–Trinajstić information content (AvgIpc) is 3.40. The minimum Gasteiger partial charge on any atom is -0.462 e. The first-order valence-corrected chi connectivity index (χ1v) is 14.4. The third-order valence-electron chi connectivity index (χ3n) is 7.66. The summed E-state index contributed by atoms with van der Waals surface area (Å²) in [6, 6.07) is 21.2. The first-order valence-electron chi connectivity index (χ1n) is 13.2. The standard InChI is InChI=1S/C32H27BrClNO5/c1-18-29(32(37)38-12-11-19-5-3-2-4-6-19)30(23-15-27-28(16-24(23)33)40-17-39-27)31-25(35-18)13-21(14-26(31)36)20-7-9-22(34)10-8-20/h2-10,15-16,21,30,35H,11-14,17H2,1H3. The monoisotopic (exact) mass is 619 g/mol. The Morgan fingerprint density at radius 3 is 2.52 bits per heavy atom. The fourth-order valence-corrected chi connectivity index (χ4v) is 6.41. The third kappa shape index (κ3) is 5.16. The smallest absolute Gasteiger partial charge is 0.336 e. The van der Waals surface area contributed by atoms with Crippen LogP contribution in [0.5, 0.6) is 11.5 Å². The molecule has 1 N–H and O–H groups in total. The summed E-state index contributed by atoms with van der Waals surface area (Å²) >= 11 is 9.79. The number of nitrogens with one attached hydrogen (secondary N) is 1. The topological polar surface area (TPSA) is 73.9 Å². The van der Waals surface area contributed by atoms with E-state index in [-0.39, 0.29) is 25.1 Å². The molecule has 2 aliphatic heterocycles. The summed E-state index contributed by atoms with van der Waals surface area (Å²) in [5, 5.41) is 4.07. The van der Waals surface area contributed by atoms with E-state index in [1.807, 2.05) is 73.7 Å². The summed E-state index contributed by atoms with van der Waals surface area (Å²) in [4.78, 5) is 27.6. The second-order valence-electron chi connectivity index (χ2n) is 10.2. The van der Waals surface area contributed by atoms with Gasteiger partial charge in [-0.05, 0) is 60.2 Å². The van der Waals surface area contributed by atoms with Crippen LogP contribution in [0.3, 0.4) is 0 Å². The lowest BCUT2D eigenvalue weighted by atomic mass is 9.71. The van der Waals surface area contributed by atoms with Crippen molar-refractivity contribution in [2.24, 2.45) is 0 Å². The Kier molecular flexibility index (Phi) is 7.43. The van der Waals surface area contributed by atoms with E-state index >= 15 is 0 Å². The molecule has 204 valence electrons. The average molecular weight is 621 g/mol. The van der Waals surface area contributed by atoms with Gasteiger partial charge in [0.15, 0.2) is 17.3 Å². The molecule has 1 aliphatic carbocycles. The van der Waals surface area contributed by atoms with Gasteiger partial charge in [0.05, 0.1) is 12.2 Å². The number of esters is 1. The van der Waals surface area contributed by atoms with Gasteiger partial charge in [-0.15, -0.1) is 0 Å². The van der Waals surface area contributed by atoms with Gasteiger partial charge in [0.2, 0.25) is 6.79 Å². The number of Topliss-reactive ketones (excluding diaryl/α,β-unsaturated/α-hetero) is 1. The predicted octanol–water partition coefficient (Wildman–Crippen LogP) is 6.98. The van der Waals surface area contributed by atoms with Crippen LogP contribution in [0.4, 0.5) is 0 Å². The van der Waals surface area contributed by atoms with Crippen molar-refractivity contribution in [2.75, 3.05) is 13.4 Å². The van der Waals surface area contributed by atoms with Crippen molar-refractivity contribution < 1.29 is 23.8 Å². The maximum absolute atomic E-state index is 13.9. The van der Waals surface area contributed by atoms with Crippen LogP contribution < -0.4 is 14.8 Å². The van der Waals surface area contributed by atoms with Crippen LogP contribution in [0.1, 0.15) is 48.3 Å². The van der Waals surface area contributed by atoms with Crippen LogP contribution in [-0.2, 0) is 20.7 Å². The highest BCUT2D eigenvalue weighted by atomic mass is 79.9. The molecule has 0 bridgehead atoms. The Balaban J connectivity index is 1.36. The largest absolute Gasteiger partial charge is 0.462 e.